The molecule has 0 rings (SSSR count). The maximum absolute atomic E-state index is 8.47. The highest BCUT2D eigenvalue weighted by Crippen LogP contribution is 2.17. The van der Waals surface area contributed by atoms with Gasteiger partial charge in [0, 0.05) is 32.6 Å². The first-order valence-corrected chi connectivity index (χ1v) is 20.9. The summed E-state index contributed by atoms with van der Waals surface area (Å²) in [5.74, 6) is 1.87. The van der Waals surface area contributed by atoms with Crippen LogP contribution in [-0.2, 0) is 9.47 Å². The average molecular weight is 660 g/mol. The second-order valence-corrected chi connectivity index (χ2v) is 15.6. The highest BCUT2D eigenvalue weighted by atomic mass is 32.2. The Morgan fingerprint density at radius 1 is 0.578 bits per heavy atom. The molecule has 0 aliphatic heterocycles. The van der Waals surface area contributed by atoms with Gasteiger partial charge in [-0.05, 0) is 39.0 Å². The molecule has 5 heteroatoms. The van der Waals surface area contributed by atoms with Gasteiger partial charge < -0.3 is 14.6 Å². The first-order chi connectivity index (χ1) is 21.8. The maximum atomic E-state index is 8.47. The molecule has 0 fully saturated rings. The molecule has 0 aromatic carbocycles. The van der Waals surface area contributed by atoms with Crippen LogP contribution in [0.25, 0.3) is 0 Å². The van der Waals surface area contributed by atoms with Crippen molar-refractivity contribution in [3.63, 3.8) is 0 Å². The van der Waals surface area contributed by atoms with Crippen molar-refractivity contribution in [2.24, 2.45) is 5.92 Å². The van der Waals surface area contributed by atoms with Crippen molar-refractivity contribution >= 4 is 11.9 Å². The molecule has 0 saturated heterocycles. The van der Waals surface area contributed by atoms with Crippen molar-refractivity contribution in [1.82, 2.24) is 4.31 Å². The molecule has 0 saturated carbocycles. The van der Waals surface area contributed by atoms with Crippen LogP contribution in [-0.4, -0.2) is 60.8 Å². The highest BCUT2D eigenvalue weighted by Gasteiger charge is 2.12. The normalized spacial score (nSPS) is 11.9. The number of methoxy groups -OCH3 is 1. The van der Waals surface area contributed by atoms with Gasteiger partial charge in [-0.15, -0.1) is 0 Å². The predicted molar refractivity (Wildman–Crippen MR) is 205 cm³/mol. The fourth-order valence-electron chi connectivity index (χ4n) is 5.21. The van der Waals surface area contributed by atoms with Crippen molar-refractivity contribution in [3.8, 4) is 0 Å². The summed E-state index contributed by atoms with van der Waals surface area (Å²) in [7, 11) is 1.58. The molecule has 0 aliphatic rings. The molecule has 0 aromatic rings. The zero-order chi connectivity index (χ0) is 33.7. The number of unbranched alkanes of at least 4 members (excludes halogenated alkanes) is 22. The van der Waals surface area contributed by atoms with E-state index in [2.05, 4.69) is 43.9 Å². The van der Waals surface area contributed by atoms with E-state index in [1.54, 1.807) is 7.11 Å². The summed E-state index contributed by atoms with van der Waals surface area (Å²) >= 11 is 2.05. The Kier molecular flexibility index (Phi) is 40.6. The molecule has 274 valence electrons. The van der Waals surface area contributed by atoms with E-state index < -0.39 is 0 Å². The minimum Gasteiger partial charge on any atom is -0.393 e. The quantitative estimate of drug-likeness (QED) is 0.0541. The van der Waals surface area contributed by atoms with E-state index in [0.717, 1.165) is 24.9 Å². The lowest BCUT2D eigenvalue weighted by molar-refractivity contribution is -0.0226. The SMILES string of the molecule is CCCCCCCCCCCCCCN(CCCCCCCCCCCCCC)SCCOCCC(C)C.COC(C)(C)CO. The van der Waals surface area contributed by atoms with Gasteiger partial charge in [-0.1, -0.05) is 181 Å². The Labute approximate surface area is 289 Å². The van der Waals surface area contributed by atoms with Crippen LogP contribution in [0.1, 0.15) is 202 Å². The first kappa shape index (κ1) is 47.3. The molecular weight excluding hydrogens is 575 g/mol. The van der Waals surface area contributed by atoms with Crippen LogP contribution >= 0.6 is 11.9 Å². The Hall–Kier alpha value is 0.190. The van der Waals surface area contributed by atoms with Crippen LogP contribution < -0.4 is 0 Å². The fourth-order valence-corrected chi connectivity index (χ4v) is 6.18. The summed E-state index contributed by atoms with van der Waals surface area (Å²) < 4.78 is 13.4. The van der Waals surface area contributed by atoms with E-state index in [-0.39, 0.29) is 12.2 Å². The van der Waals surface area contributed by atoms with Crippen LogP contribution in [0.5, 0.6) is 0 Å². The second-order valence-electron chi connectivity index (χ2n) is 14.5. The average Bonchev–Trinajstić information content (AvgIpc) is 3.03. The van der Waals surface area contributed by atoms with Gasteiger partial charge in [0.15, 0.2) is 0 Å². The van der Waals surface area contributed by atoms with Crippen LogP contribution in [0.2, 0.25) is 0 Å². The number of hydrogen-bond donors (Lipinski definition) is 1. The molecule has 4 nitrogen and oxygen atoms in total. The van der Waals surface area contributed by atoms with E-state index in [4.69, 9.17) is 14.6 Å². The topological polar surface area (TPSA) is 41.9 Å². The molecule has 0 unspecified atom stereocenters. The van der Waals surface area contributed by atoms with Gasteiger partial charge >= 0.3 is 0 Å². The zero-order valence-corrected chi connectivity index (χ0v) is 32.9. The van der Waals surface area contributed by atoms with E-state index in [1.807, 2.05) is 13.8 Å². The van der Waals surface area contributed by atoms with Crippen molar-refractivity contribution in [1.29, 1.82) is 0 Å². The minimum absolute atomic E-state index is 0.0729. The first-order valence-electron chi connectivity index (χ1n) is 19.9. The lowest BCUT2D eigenvalue weighted by atomic mass is 10.1. The third kappa shape index (κ3) is 42.2. The van der Waals surface area contributed by atoms with Crippen LogP contribution in [0.4, 0.5) is 0 Å². The number of aliphatic hydroxyl groups is 1. The standard InChI is InChI=1S/C35H73NOS.C5H12O2/c1-5-7-9-11-13-15-17-19-21-23-25-27-30-36(38-34-33-37-32-29-35(3)4)31-28-26-24-22-20-18-16-14-12-10-8-6-2;1-5(2,4-6)7-3/h35H,5-34H2,1-4H3;6H,4H2,1-3H3. The Balaban J connectivity index is 0. The van der Waals surface area contributed by atoms with E-state index in [9.17, 15) is 0 Å². The second kappa shape index (κ2) is 38.6. The van der Waals surface area contributed by atoms with Gasteiger partial charge in [0.05, 0.1) is 18.8 Å². The lowest BCUT2D eigenvalue weighted by Crippen LogP contribution is -2.26. The molecule has 0 aromatic heterocycles. The minimum atomic E-state index is -0.361. The molecular formula is C40H85NO3S. The summed E-state index contributed by atoms with van der Waals surface area (Å²) in [6.45, 7) is 17.3. The van der Waals surface area contributed by atoms with Gasteiger partial charge in [-0.3, -0.25) is 4.31 Å². The van der Waals surface area contributed by atoms with Gasteiger partial charge in [0.2, 0.25) is 0 Å². The van der Waals surface area contributed by atoms with Gasteiger partial charge in [-0.2, -0.15) is 0 Å². The Morgan fingerprint density at radius 2 is 0.933 bits per heavy atom. The summed E-state index contributed by atoms with van der Waals surface area (Å²) in [6, 6.07) is 0. The highest BCUT2D eigenvalue weighted by molar-refractivity contribution is 7.97. The number of ether oxygens (including phenoxy) is 2. The maximum Gasteiger partial charge on any atom is 0.0852 e. The van der Waals surface area contributed by atoms with Crippen molar-refractivity contribution in [2.45, 2.75) is 208 Å². The molecule has 0 spiro atoms. The molecule has 0 radical (unpaired) electrons. The monoisotopic (exact) mass is 660 g/mol. The smallest absolute Gasteiger partial charge is 0.0852 e. The molecule has 0 bridgehead atoms. The molecule has 0 aliphatic carbocycles. The Bertz CT molecular complexity index is 498. The number of hydrogen-bond acceptors (Lipinski definition) is 5. The van der Waals surface area contributed by atoms with Crippen molar-refractivity contribution in [2.75, 3.05) is 45.8 Å². The Morgan fingerprint density at radius 3 is 1.22 bits per heavy atom. The fraction of sp³-hybridized carbons (Fsp3) is 1.00. The van der Waals surface area contributed by atoms with Crippen LogP contribution in [0.3, 0.4) is 0 Å². The van der Waals surface area contributed by atoms with Crippen molar-refractivity contribution < 1.29 is 14.6 Å². The third-order valence-corrected chi connectivity index (χ3v) is 9.88. The van der Waals surface area contributed by atoms with Gasteiger partial charge in [0.1, 0.15) is 0 Å². The number of aliphatic hydroxyl groups excluding tert-OH is 1. The van der Waals surface area contributed by atoms with E-state index in [1.165, 1.54) is 174 Å². The summed E-state index contributed by atoms with van der Waals surface area (Å²) in [5.41, 5.74) is -0.361. The van der Waals surface area contributed by atoms with Gasteiger partial charge in [-0.25, -0.2) is 0 Å². The summed E-state index contributed by atoms with van der Waals surface area (Å²) in [4.78, 5) is 0. The molecule has 1 N–H and O–H groups in total. The van der Waals surface area contributed by atoms with E-state index in [0.29, 0.717) is 0 Å². The zero-order valence-electron chi connectivity index (χ0n) is 32.1. The molecule has 0 amide bonds. The van der Waals surface area contributed by atoms with Crippen molar-refractivity contribution in [3.05, 3.63) is 0 Å². The van der Waals surface area contributed by atoms with Gasteiger partial charge in [0.25, 0.3) is 0 Å². The third-order valence-electron chi connectivity index (χ3n) is 8.80. The van der Waals surface area contributed by atoms with Crippen LogP contribution in [0.15, 0.2) is 0 Å². The molecule has 0 heterocycles. The summed E-state index contributed by atoms with van der Waals surface area (Å²) in [5, 5.41) is 8.47. The number of nitrogens with zero attached hydrogens (tertiary/aromatic N) is 1. The van der Waals surface area contributed by atoms with E-state index >= 15 is 0 Å². The summed E-state index contributed by atoms with van der Waals surface area (Å²) in [6.07, 6.45) is 35.6. The van der Waals surface area contributed by atoms with Crippen LogP contribution in [0, 0.1) is 5.92 Å². The molecule has 0 atom stereocenters. The molecule has 45 heavy (non-hydrogen) atoms. The predicted octanol–water partition coefficient (Wildman–Crippen LogP) is 12.8. The lowest BCUT2D eigenvalue weighted by Gasteiger charge is -2.21. The largest absolute Gasteiger partial charge is 0.393 e. The number of rotatable bonds is 35.